The first kappa shape index (κ1) is 18.2. The Morgan fingerprint density at radius 1 is 1.43 bits per heavy atom. The van der Waals surface area contributed by atoms with Gasteiger partial charge in [-0.2, -0.15) is 0 Å². The van der Waals surface area contributed by atoms with Crippen LogP contribution in [-0.4, -0.2) is 49.2 Å². The molecule has 0 saturated carbocycles. The minimum absolute atomic E-state index is 0.0955. The summed E-state index contributed by atoms with van der Waals surface area (Å²) in [6.45, 7) is 7.54. The molecule has 0 aromatic heterocycles. The monoisotopic (exact) mass is 387 g/mol. The SMILES string of the molecule is CC1CN(CCCNc2cc(Br)cc(F)c2C(N)=O)CC(C)O1. The van der Waals surface area contributed by atoms with Crippen LogP contribution in [0.15, 0.2) is 16.6 Å². The van der Waals surface area contributed by atoms with Gasteiger partial charge in [-0.15, -0.1) is 0 Å². The first-order valence-electron chi connectivity index (χ1n) is 7.77. The predicted octanol–water partition coefficient (Wildman–Crippen LogP) is 2.60. The van der Waals surface area contributed by atoms with Crippen LogP contribution in [0.5, 0.6) is 0 Å². The fourth-order valence-electron chi connectivity index (χ4n) is 2.96. The van der Waals surface area contributed by atoms with Gasteiger partial charge in [0.15, 0.2) is 0 Å². The third-order valence-electron chi connectivity index (χ3n) is 3.76. The lowest BCUT2D eigenvalue weighted by molar-refractivity contribution is -0.0678. The Balaban J connectivity index is 1.88. The minimum Gasteiger partial charge on any atom is -0.384 e. The zero-order valence-corrected chi connectivity index (χ0v) is 15.0. The van der Waals surface area contributed by atoms with E-state index >= 15 is 0 Å². The van der Waals surface area contributed by atoms with Gasteiger partial charge >= 0.3 is 0 Å². The van der Waals surface area contributed by atoms with Gasteiger partial charge in [-0.3, -0.25) is 9.69 Å². The second kappa shape index (κ2) is 8.08. The third-order valence-corrected chi connectivity index (χ3v) is 4.22. The number of ether oxygens (including phenoxy) is 1. The molecule has 0 radical (unpaired) electrons. The van der Waals surface area contributed by atoms with E-state index in [9.17, 15) is 9.18 Å². The average Bonchev–Trinajstić information content (AvgIpc) is 2.41. The number of nitrogens with two attached hydrogens (primary N) is 1. The molecule has 1 heterocycles. The molecule has 1 fully saturated rings. The number of hydrogen-bond donors (Lipinski definition) is 2. The molecule has 5 nitrogen and oxygen atoms in total. The fraction of sp³-hybridized carbons (Fsp3) is 0.562. The summed E-state index contributed by atoms with van der Waals surface area (Å²) in [6.07, 6.45) is 1.37. The number of amides is 1. The highest BCUT2D eigenvalue weighted by Gasteiger charge is 2.21. The van der Waals surface area contributed by atoms with Crippen molar-refractivity contribution in [1.29, 1.82) is 0 Å². The topological polar surface area (TPSA) is 67.6 Å². The molecule has 3 N–H and O–H groups in total. The van der Waals surface area contributed by atoms with Crippen LogP contribution >= 0.6 is 15.9 Å². The van der Waals surface area contributed by atoms with E-state index in [1.807, 2.05) is 0 Å². The molecular weight excluding hydrogens is 365 g/mol. The van der Waals surface area contributed by atoms with Crippen molar-refractivity contribution in [2.24, 2.45) is 5.73 Å². The van der Waals surface area contributed by atoms with E-state index in [0.717, 1.165) is 26.1 Å². The Hall–Kier alpha value is -1.18. The van der Waals surface area contributed by atoms with Crippen molar-refractivity contribution in [3.8, 4) is 0 Å². The Labute approximate surface area is 144 Å². The zero-order valence-electron chi connectivity index (χ0n) is 13.4. The lowest BCUT2D eigenvalue weighted by Gasteiger charge is -2.35. The second-order valence-electron chi connectivity index (χ2n) is 5.97. The number of halogens is 2. The number of hydrogen-bond acceptors (Lipinski definition) is 4. The highest BCUT2D eigenvalue weighted by Crippen LogP contribution is 2.24. The number of carbonyl (C=O) groups excluding carboxylic acids is 1. The first-order chi connectivity index (χ1) is 10.9. The van der Waals surface area contributed by atoms with E-state index in [4.69, 9.17) is 10.5 Å². The van der Waals surface area contributed by atoms with Gasteiger partial charge in [0.05, 0.1) is 23.5 Å². The van der Waals surface area contributed by atoms with E-state index < -0.39 is 11.7 Å². The van der Waals surface area contributed by atoms with Crippen LogP contribution in [0.2, 0.25) is 0 Å². The maximum Gasteiger partial charge on any atom is 0.253 e. The molecule has 23 heavy (non-hydrogen) atoms. The molecule has 1 amide bonds. The van der Waals surface area contributed by atoms with Gasteiger partial charge in [0.1, 0.15) is 5.82 Å². The van der Waals surface area contributed by atoms with Gasteiger partial charge in [0, 0.05) is 30.7 Å². The van der Waals surface area contributed by atoms with Gasteiger partial charge in [0.25, 0.3) is 5.91 Å². The molecule has 2 unspecified atom stereocenters. The Morgan fingerprint density at radius 3 is 2.70 bits per heavy atom. The molecular formula is C16H23BrFN3O2. The molecule has 1 saturated heterocycles. The summed E-state index contributed by atoms with van der Waals surface area (Å²) in [4.78, 5) is 13.8. The number of carbonyl (C=O) groups is 1. The predicted molar refractivity (Wildman–Crippen MR) is 92.2 cm³/mol. The quantitative estimate of drug-likeness (QED) is 0.736. The van der Waals surface area contributed by atoms with Crippen molar-refractivity contribution >= 4 is 27.5 Å². The summed E-state index contributed by atoms with van der Waals surface area (Å²) in [5, 5.41) is 3.11. The number of morpholine rings is 1. The van der Waals surface area contributed by atoms with Crippen LogP contribution in [0.3, 0.4) is 0 Å². The highest BCUT2D eigenvalue weighted by atomic mass is 79.9. The molecule has 1 aromatic carbocycles. The van der Waals surface area contributed by atoms with Crippen molar-refractivity contribution in [1.82, 2.24) is 4.90 Å². The van der Waals surface area contributed by atoms with Gasteiger partial charge in [-0.1, -0.05) is 15.9 Å². The van der Waals surface area contributed by atoms with Crippen molar-refractivity contribution < 1.29 is 13.9 Å². The highest BCUT2D eigenvalue weighted by molar-refractivity contribution is 9.10. The molecule has 1 aliphatic heterocycles. The maximum atomic E-state index is 13.9. The lowest BCUT2D eigenvalue weighted by atomic mass is 10.1. The molecule has 1 aliphatic rings. The van der Waals surface area contributed by atoms with E-state index in [1.54, 1.807) is 6.07 Å². The van der Waals surface area contributed by atoms with E-state index in [1.165, 1.54) is 6.07 Å². The van der Waals surface area contributed by atoms with Crippen LogP contribution < -0.4 is 11.1 Å². The minimum atomic E-state index is -0.770. The number of nitrogens with one attached hydrogen (secondary N) is 1. The molecule has 128 valence electrons. The van der Waals surface area contributed by atoms with Crippen LogP contribution in [0, 0.1) is 5.82 Å². The second-order valence-corrected chi connectivity index (χ2v) is 6.89. The summed E-state index contributed by atoms with van der Waals surface area (Å²) in [5.41, 5.74) is 5.59. The Morgan fingerprint density at radius 2 is 2.09 bits per heavy atom. The van der Waals surface area contributed by atoms with Crippen molar-refractivity contribution in [2.45, 2.75) is 32.5 Å². The molecule has 2 rings (SSSR count). The molecule has 0 bridgehead atoms. The van der Waals surface area contributed by atoms with Gasteiger partial charge in [-0.05, 0) is 32.4 Å². The molecule has 2 atom stereocenters. The zero-order chi connectivity index (χ0) is 17.0. The lowest BCUT2D eigenvalue weighted by Crippen LogP contribution is -2.45. The van der Waals surface area contributed by atoms with Gasteiger partial charge < -0.3 is 15.8 Å². The fourth-order valence-corrected chi connectivity index (χ4v) is 3.39. The standard InChI is InChI=1S/C16H23BrFN3O2/c1-10-8-21(9-11(2)23-10)5-3-4-20-14-7-12(17)6-13(18)15(14)16(19)22/h6-7,10-11,20H,3-5,8-9H2,1-2H3,(H2,19,22). The Kier molecular flexibility index (Phi) is 6.38. The third kappa shape index (κ3) is 5.16. The molecule has 7 heteroatoms. The first-order valence-corrected chi connectivity index (χ1v) is 8.56. The number of anilines is 1. The smallest absolute Gasteiger partial charge is 0.253 e. The van der Waals surface area contributed by atoms with E-state index in [0.29, 0.717) is 16.7 Å². The van der Waals surface area contributed by atoms with E-state index in [2.05, 4.69) is 40.0 Å². The van der Waals surface area contributed by atoms with Crippen molar-refractivity contribution in [2.75, 3.05) is 31.5 Å². The van der Waals surface area contributed by atoms with Crippen LogP contribution in [0.25, 0.3) is 0 Å². The number of rotatable bonds is 6. The normalized spacial score (nSPS) is 22.1. The summed E-state index contributed by atoms with van der Waals surface area (Å²) in [5.74, 6) is -1.39. The van der Waals surface area contributed by atoms with Crippen molar-refractivity contribution in [3.63, 3.8) is 0 Å². The van der Waals surface area contributed by atoms with Gasteiger partial charge in [0.2, 0.25) is 0 Å². The molecule has 1 aromatic rings. The van der Waals surface area contributed by atoms with Crippen LogP contribution in [0.1, 0.15) is 30.6 Å². The van der Waals surface area contributed by atoms with Crippen LogP contribution in [0.4, 0.5) is 10.1 Å². The van der Waals surface area contributed by atoms with Crippen LogP contribution in [-0.2, 0) is 4.74 Å². The van der Waals surface area contributed by atoms with E-state index in [-0.39, 0.29) is 17.8 Å². The number of primary amides is 1. The summed E-state index contributed by atoms with van der Waals surface area (Å²) >= 11 is 3.23. The number of benzene rings is 1. The maximum absolute atomic E-state index is 13.9. The van der Waals surface area contributed by atoms with Crippen molar-refractivity contribution in [3.05, 3.63) is 28.0 Å². The number of nitrogens with zero attached hydrogens (tertiary/aromatic N) is 1. The summed E-state index contributed by atoms with van der Waals surface area (Å²) < 4.78 is 20.1. The summed E-state index contributed by atoms with van der Waals surface area (Å²) in [6, 6.07) is 2.91. The average molecular weight is 388 g/mol. The summed E-state index contributed by atoms with van der Waals surface area (Å²) in [7, 11) is 0. The largest absolute Gasteiger partial charge is 0.384 e. The Bertz CT molecular complexity index is 561. The molecule has 0 spiro atoms. The van der Waals surface area contributed by atoms with Gasteiger partial charge in [-0.25, -0.2) is 4.39 Å². The molecule has 0 aliphatic carbocycles.